The zero-order valence-corrected chi connectivity index (χ0v) is 24.3. The number of nitrogens with two attached hydrogens (primary N) is 1. The molecule has 0 bridgehead atoms. The third-order valence-electron chi connectivity index (χ3n) is 6.21. The number of nitrogen functional groups attached to an aromatic ring is 1. The average molecular weight is 574 g/mol. The van der Waals surface area contributed by atoms with Gasteiger partial charge in [-0.25, -0.2) is 14.7 Å². The molecule has 0 amide bonds. The molecule has 1 saturated heterocycles. The number of ether oxygens (including phenoxy) is 3. The zero-order chi connectivity index (χ0) is 29.2. The van der Waals surface area contributed by atoms with Crippen LogP contribution in [0.1, 0.15) is 47.8 Å². The molecule has 0 radical (unpaired) electrons. The summed E-state index contributed by atoms with van der Waals surface area (Å²) < 4.78 is 39.0. The van der Waals surface area contributed by atoms with Gasteiger partial charge in [-0.3, -0.25) is 13.9 Å². The second kappa shape index (κ2) is 12.0. The lowest BCUT2D eigenvalue weighted by atomic mass is 9.96. The molecule has 5 atom stereocenters. The summed E-state index contributed by atoms with van der Waals surface area (Å²) in [5, 5.41) is 24.9. The third kappa shape index (κ3) is 6.85. The minimum Gasteiger partial charge on any atom is -0.479 e. The van der Waals surface area contributed by atoms with Crippen molar-refractivity contribution >= 4 is 30.8 Å². The van der Waals surface area contributed by atoms with Crippen LogP contribution in [0.2, 0.25) is 0 Å². The van der Waals surface area contributed by atoms with Crippen LogP contribution in [0.3, 0.4) is 0 Å². The first kappa shape index (κ1) is 31.1. The fraction of sp³-hybridized carbons (Fsp3) is 0.739. The molecule has 1 aliphatic heterocycles. The summed E-state index contributed by atoms with van der Waals surface area (Å²) in [6.07, 6.45) is -2.33. The number of aliphatic hydroxyl groups excluding tert-OH is 1. The van der Waals surface area contributed by atoms with Gasteiger partial charge in [-0.15, -0.1) is 0 Å². The number of anilines is 1. The largest absolute Gasteiger partial charge is 0.479 e. The molecule has 5 N–H and O–H groups in total. The van der Waals surface area contributed by atoms with E-state index >= 15 is 0 Å². The average Bonchev–Trinajstić information content (AvgIpc) is 3.37. The molecule has 1 unspecified atom stereocenters. The Labute approximate surface area is 227 Å². The maximum atomic E-state index is 13.8. The number of rotatable bonds is 12. The number of esters is 1. The predicted octanol–water partition coefficient (Wildman–Crippen LogP) is 1.07. The van der Waals surface area contributed by atoms with E-state index in [4.69, 9.17) is 24.5 Å². The van der Waals surface area contributed by atoms with Crippen LogP contribution < -0.4 is 15.6 Å². The Kier molecular flexibility index (Phi) is 9.59. The Morgan fingerprint density at radius 3 is 2.59 bits per heavy atom. The summed E-state index contributed by atoms with van der Waals surface area (Å²) in [4.78, 5) is 24.7. The Bertz CT molecular complexity index is 1200. The summed E-state index contributed by atoms with van der Waals surface area (Å²) in [7, 11) is -2.36. The van der Waals surface area contributed by atoms with Crippen LogP contribution in [0.15, 0.2) is 6.33 Å². The number of carbonyl (C=O) groups excluding carboxylic acids is 1. The van der Waals surface area contributed by atoms with Gasteiger partial charge >= 0.3 is 13.6 Å². The molecule has 220 valence electrons. The number of aromatic nitrogens is 4. The lowest BCUT2D eigenvalue weighted by molar-refractivity contribution is -0.145. The molecular weight excluding hydrogens is 533 g/mol. The summed E-state index contributed by atoms with van der Waals surface area (Å²) in [5.74, 6) is -0.516. The molecule has 0 aliphatic carbocycles. The molecule has 2 aromatic heterocycles. The highest BCUT2D eigenvalue weighted by Crippen LogP contribution is 2.48. The summed E-state index contributed by atoms with van der Waals surface area (Å²) in [5.41, 5.74) is 4.27. The van der Waals surface area contributed by atoms with E-state index in [1.807, 2.05) is 20.8 Å². The third-order valence-corrected chi connectivity index (χ3v) is 8.58. The van der Waals surface area contributed by atoms with Crippen molar-refractivity contribution in [2.24, 2.45) is 5.41 Å². The second-order valence-electron chi connectivity index (χ2n) is 10.6. The van der Waals surface area contributed by atoms with Crippen LogP contribution in [0.5, 0.6) is 5.88 Å². The van der Waals surface area contributed by atoms with Crippen molar-refractivity contribution in [3.63, 3.8) is 0 Å². The van der Waals surface area contributed by atoms with Crippen molar-refractivity contribution in [1.29, 1.82) is 0 Å². The van der Waals surface area contributed by atoms with Crippen molar-refractivity contribution in [3.8, 4) is 5.88 Å². The van der Waals surface area contributed by atoms with Gasteiger partial charge in [0.2, 0.25) is 11.8 Å². The van der Waals surface area contributed by atoms with Gasteiger partial charge in [-0.2, -0.15) is 9.97 Å². The molecule has 0 saturated carbocycles. The van der Waals surface area contributed by atoms with Crippen LogP contribution in [-0.4, -0.2) is 98.1 Å². The number of carbonyl (C=O) groups is 1. The Hall–Kier alpha value is -2.39. The highest BCUT2D eigenvalue weighted by atomic mass is 31.2. The van der Waals surface area contributed by atoms with Gasteiger partial charge in [-0.1, -0.05) is 34.6 Å². The lowest BCUT2D eigenvalue weighted by Gasteiger charge is -2.30. The van der Waals surface area contributed by atoms with Crippen molar-refractivity contribution in [2.45, 2.75) is 65.6 Å². The number of aliphatic hydroxyl groups is 2. The molecule has 1 fully saturated rings. The summed E-state index contributed by atoms with van der Waals surface area (Å²) in [6, 6.07) is 0. The van der Waals surface area contributed by atoms with E-state index in [-0.39, 0.29) is 48.2 Å². The zero-order valence-electron chi connectivity index (χ0n) is 23.4. The summed E-state index contributed by atoms with van der Waals surface area (Å²) >= 11 is 0. The topological polar surface area (TPSA) is 196 Å². The van der Waals surface area contributed by atoms with Crippen molar-refractivity contribution in [3.05, 3.63) is 6.33 Å². The van der Waals surface area contributed by atoms with E-state index in [2.05, 4.69) is 20.0 Å². The van der Waals surface area contributed by atoms with Gasteiger partial charge in [-0.05, 0) is 12.3 Å². The molecule has 39 heavy (non-hydrogen) atoms. The van der Waals surface area contributed by atoms with Gasteiger partial charge in [0.15, 0.2) is 17.4 Å². The van der Waals surface area contributed by atoms with E-state index < -0.39 is 37.7 Å². The lowest BCUT2D eigenvalue weighted by Crippen LogP contribution is -2.44. The van der Waals surface area contributed by atoms with Gasteiger partial charge in [0.1, 0.15) is 24.4 Å². The van der Waals surface area contributed by atoms with E-state index in [0.717, 1.165) is 0 Å². The molecule has 15 nitrogen and oxygen atoms in total. The first-order valence-electron chi connectivity index (χ1n) is 12.7. The highest BCUT2D eigenvalue weighted by molar-refractivity contribution is 7.54. The molecule has 1 aliphatic rings. The van der Waals surface area contributed by atoms with Crippen molar-refractivity contribution < 1.29 is 38.3 Å². The standard InChI is InChI=1S/C23H40N7O8P/c1-8-29(9-2)39(34,26-10-15(31)36-12-22(3,4)5)37-11-14-17(32)23(6,33)20(38-14)30-13-25-16-18(30)27-21(24)28-19(16)35-7/h13-14,17,20,32-33H,8-12H2,1-7H3,(H,26,34)(H2,24,27,28)/t14-,17-,20-,23-,39?/m1/s1. The van der Waals surface area contributed by atoms with Gasteiger partial charge in [0, 0.05) is 13.1 Å². The molecule has 0 aromatic carbocycles. The van der Waals surface area contributed by atoms with Crippen LogP contribution in [0.4, 0.5) is 5.95 Å². The second-order valence-corrected chi connectivity index (χ2v) is 12.8. The predicted molar refractivity (Wildman–Crippen MR) is 142 cm³/mol. The quantitative estimate of drug-likeness (QED) is 0.208. The first-order chi connectivity index (χ1) is 18.2. The maximum absolute atomic E-state index is 13.8. The Morgan fingerprint density at radius 2 is 2.00 bits per heavy atom. The maximum Gasteiger partial charge on any atom is 0.344 e. The van der Waals surface area contributed by atoms with Gasteiger partial charge in [0.25, 0.3) is 0 Å². The van der Waals surface area contributed by atoms with Crippen LogP contribution in [0.25, 0.3) is 11.2 Å². The number of nitrogens with zero attached hydrogens (tertiary/aromatic N) is 5. The number of hydrogen-bond acceptors (Lipinski definition) is 12. The molecule has 2 aromatic rings. The molecule has 3 heterocycles. The van der Waals surface area contributed by atoms with Crippen molar-refractivity contribution in [1.82, 2.24) is 29.3 Å². The smallest absolute Gasteiger partial charge is 0.344 e. The minimum atomic E-state index is -3.77. The van der Waals surface area contributed by atoms with E-state index in [0.29, 0.717) is 13.1 Å². The number of imidazole rings is 1. The molecule has 3 rings (SSSR count). The minimum absolute atomic E-state index is 0.0774. The number of nitrogens with one attached hydrogen (secondary N) is 1. The fourth-order valence-electron chi connectivity index (χ4n) is 4.11. The van der Waals surface area contributed by atoms with Gasteiger partial charge in [0.05, 0.1) is 26.7 Å². The van der Waals surface area contributed by atoms with Gasteiger partial charge < -0.3 is 34.7 Å². The van der Waals surface area contributed by atoms with E-state index in [1.54, 1.807) is 13.8 Å². The number of fused-ring (bicyclic) bond motifs is 1. The van der Waals surface area contributed by atoms with Crippen LogP contribution >= 0.6 is 7.67 Å². The van der Waals surface area contributed by atoms with E-state index in [1.165, 1.54) is 29.6 Å². The molecule has 16 heteroatoms. The fourth-order valence-corrected chi connectivity index (χ4v) is 5.99. The monoisotopic (exact) mass is 573 g/mol. The Balaban J connectivity index is 1.78. The summed E-state index contributed by atoms with van der Waals surface area (Å²) in [6.45, 7) is 11.0. The SMILES string of the molecule is CCN(CC)P(=O)(NCC(=O)OCC(C)(C)C)OC[C@H]1O[C@@H](n2cnc3c(OC)nc(N)nc32)[C@](C)(O)[C@@H]1O. The van der Waals surface area contributed by atoms with E-state index in [9.17, 15) is 19.6 Å². The molecule has 0 spiro atoms. The first-order valence-corrected chi connectivity index (χ1v) is 14.2. The Morgan fingerprint density at radius 1 is 1.33 bits per heavy atom. The van der Waals surface area contributed by atoms with Crippen molar-refractivity contribution in [2.75, 3.05) is 45.7 Å². The van der Waals surface area contributed by atoms with Crippen LogP contribution in [0, 0.1) is 5.41 Å². The number of methoxy groups -OCH3 is 1. The normalized spacial score (nSPS) is 25.2. The van der Waals surface area contributed by atoms with Crippen LogP contribution in [-0.2, 0) is 23.4 Å². The molecular formula is C23H40N7O8P. The highest BCUT2D eigenvalue weighted by Gasteiger charge is 2.54. The number of hydrogen-bond donors (Lipinski definition) is 4.